The lowest BCUT2D eigenvalue weighted by atomic mass is 10.3. The summed E-state index contributed by atoms with van der Waals surface area (Å²) in [4.78, 5) is 11.4. The highest BCUT2D eigenvalue weighted by Crippen LogP contribution is 2.16. The predicted octanol–water partition coefficient (Wildman–Crippen LogP) is 1.32. The Morgan fingerprint density at radius 1 is 1.14 bits per heavy atom. The van der Waals surface area contributed by atoms with Crippen molar-refractivity contribution in [1.82, 2.24) is 29.5 Å². The standard InChI is InChI=1S/C13H11N7O/c21-9-3-1-8(2-4-9)14-5-10-18-19-13-11-12(16-6-15-11)17-7-20(10)13/h1-4,6-7,14,21H,5H2,(H,15,16). The molecular weight excluding hydrogens is 270 g/mol. The molecule has 0 amide bonds. The van der Waals surface area contributed by atoms with Crippen molar-refractivity contribution in [2.45, 2.75) is 6.54 Å². The highest BCUT2D eigenvalue weighted by atomic mass is 16.3. The summed E-state index contributed by atoms with van der Waals surface area (Å²) in [6.07, 6.45) is 3.24. The van der Waals surface area contributed by atoms with Gasteiger partial charge in [-0.1, -0.05) is 0 Å². The lowest BCUT2D eigenvalue weighted by Crippen LogP contribution is -2.04. The summed E-state index contributed by atoms with van der Waals surface area (Å²) in [6, 6.07) is 6.84. The van der Waals surface area contributed by atoms with Gasteiger partial charge >= 0.3 is 0 Å². The molecule has 0 atom stereocenters. The zero-order chi connectivity index (χ0) is 14.2. The van der Waals surface area contributed by atoms with E-state index in [2.05, 4.69) is 30.5 Å². The fourth-order valence-corrected chi connectivity index (χ4v) is 2.16. The second kappa shape index (κ2) is 4.44. The van der Waals surface area contributed by atoms with Crippen molar-refractivity contribution >= 4 is 22.5 Å². The van der Waals surface area contributed by atoms with Crippen molar-refractivity contribution < 1.29 is 5.11 Å². The van der Waals surface area contributed by atoms with Gasteiger partial charge in [-0.05, 0) is 24.3 Å². The molecule has 8 heteroatoms. The van der Waals surface area contributed by atoms with Crippen molar-refractivity contribution in [2.75, 3.05) is 5.32 Å². The second-order valence-corrected chi connectivity index (χ2v) is 4.56. The van der Waals surface area contributed by atoms with E-state index in [-0.39, 0.29) is 5.75 Å². The van der Waals surface area contributed by atoms with Crippen molar-refractivity contribution in [2.24, 2.45) is 0 Å². The second-order valence-electron chi connectivity index (χ2n) is 4.56. The molecule has 0 spiro atoms. The number of hydrogen-bond acceptors (Lipinski definition) is 6. The molecular formula is C13H11N7O. The van der Waals surface area contributed by atoms with Crippen molar-refractivity contribution in [3.63, 3.8) is 0 Å². The Bertz CT molecular complexity index is 909. The SMILES string of the molecule is Oc1ccc(NCc2nnc3c4[nH]cnc4ncn23)cc1. The van der Waals surface area contributed by atoms with Crippen LogP contribution in [0.25, 0.3) is 16.8 Å². The summed E-state index contributed by atoms with van der Waals surface area (Å²) in [5.74, 6) is 0.974. The van der Waals surface area contributed by atoms with Gasteiger partial charge in [0.2, 0.25) is 0 Å². The number of aromatic nitrogens is 6. The van der Waals surface area contributed by atoms with Gasteiger partial charge < -0.3 is 15.4 Å². The Morgan fingerprint density at radius 3 is 2.86 bits per heavy atom. The minimum absolute atomic E-state index is 0.235. The molecule has 3 N–H and O–H groups in total. The third-order valence-corrected chi connectivity index (χ3v) is 3.22. The molecule has 0 aliphatic carbocycles. The molecule has 4 rings (SSSR count). The molecule has 1 aromatic carbocycles. The van der Waals surface area contributed by atoms with E-state index in [0.717, 1.165) is 17.0 Å². The summed E-state index contributed by atoms with van der Waals surface area (Å²) in [5.41, 5.74) is 2.97. The molecule has 0 unspecified atom stereocenters. The van der Waals surface area contributed by atoms with Crippen LogP contribution in [0.3, 0.4) is 0 Å². The van der Waals surface area contributed by atoms with E-state index in [4.69, 9.17) is 0 Å². The van der Waals surface area contributed by atoms with Gasteiger partial charge in [0.25, 0.3) is 0 Å². The first-order valence-corrected chi connectivity index (χ1v) is 6.36. The summed E-state index contributed by atoms with van der Waals surface area (Å²) in [5, 5.41) is 20.8. The number of aromatic hydroxyl groups is 1. The van der Waals surface area contributed by atoms with Crippen LogP contribution in [-0.4, -0.2) is 34.7 Å². The zero-order valence-electron chi connectivity index (χ0n) is 10.9. The van der Waals surface area contributed by atoms with Crippen LogP contribution in [0.15, 0.2) is 36.9 Å². The number of anilines is 1. The molecule has 0 radical (unpaired) electrons. The molecule has 21 heavy (non-hydrogen) atoms. The zero-order valence-corrected chi connectivity index (χ0v) is 10.9. The Morgan fingerprint density at radius 2 is 2.00 bits per heavy atom. The number of phenols is 1. The Kier molecular flexibility index (Phi) is 2.46. The minimum Gasteiger partial charge on any atom is -0.508 e. The molecule has 3 heterocycles. The fraction of sp³-hybridized carbons (Fsp3) is 0.0769. The number of H-pyrrole nitrogens is 1. The largest absolute Gasteiger partial charge is 0.508 e. The quantitative estimate of drug-likeness (QED) is 0.489. The smallest absolute Gasteiger partial charge is 0.189 e. The number of fused-ring (bicyclic) bond motifs is 3. The first-order valence-electron chi connectivity index (χ1n) is 6.36. The first-order chi connectivity index (χ1) is 10.3. The molecule has 0 bridgehead atoms. The molecule has 4 aromatic rings. The van der Waals surface area contributed by atoms with E-state index in [1.54, 1.807) is 36.9 Å². The molecule has 0 fully saturated rings. The number of imidazole rings is 1. The lowest BCUT2D eigenvalue weighted by Gasteiger charge is -2.05. The van der Waals surface area contributed by atoms with Gasteiger partial charge in [-0.3, -0.25) is 4.40 Å². The maximum atomic E-state index is 9.26. The fourth-order valence-electron chi connectivity index (χ4n) is 2.16. The Hall–Kier alpha value is -3.16. The highest BCUT2D eigenvalue weighted by Gasteiger charge is 2.10. The monoisotopic (exact) mass is 281 g/mol. The first kappa shape index (κ1) is 11.6. The number of benzene rings is 1. The lowest BCUT2D eigenvalue weighted by molar-refractivity contribution is 0.475. The number of phenolic OH excluding ortho intramolecular Hbond substituents is 1. The van der Waals surface area contributed by atoms with Crippen LogP contribution in [0.1, 0.15) is 5.82 Å². The topological polar surface area (TPSA) is 104 Å². The van der Waals surface area contributed by atoms with E-state index in [1.807, 2.05) is 4.40 Å². The van der Waals surface area contributed by atoms with E-state index in [9.17, 15) is 5.11 Å². The van der Waals surface area contributed by atoms with Gasteiger partial charge in [0.05, 0.1) is 12.9 Å². The maximum absolute atomic E-state index is 9.26. The molecule has 104 valence electrons. The van der Waals surface area contributed by atoms with Crippen molar-refractivity contribution in [3.05, 3.63) is 42.7 Å². The predicted molar refractivity (Wildman–Crippen MR) is 75.9 cm³/mol. The molecule has 3 aromatic heterocycles. The van der Waals surface area contributed by atoms with E-state index >= 15 is 0 Å². The summed E-state index contributed by atoms with van der Waals surface area (Å²) >= 11 is 0. The highest BCUT2D eigenvalue weighted by molar-refractivity contribution is 5.84. The molecule has 8 nitrogen and oxygen atoms in total. The maximum Gasteiger partial charge on any atom is 0.189 e. The minimum atomic E-state index is 0.235. The van der Waals surface area contributed by atoms with Gasteiger partial charge in [-0.2, -0.15) is 0 Å². The van der Waals surface area contributed by atoms with Crippen LogP contribution < -0.4 is 5.32 Å². The van der Waals surface area contributed by atoms with Crippen LogP contribution in [0, 0.1) is 0 Å². The van der Waals surface area contributed by atoms with E-state index in [1.165, 1.54) is 0 Å². The molecule has 0 aliphatic heterocycles. The number of hydrogen-bond donors (Lipinski definition) is 3. The van der Waals surface area contributed by atoms with Crippen LogP contribution in [0.2, 0.25) is 0 Å². The summed E-state index contributed by atoms with van der Waals surface area (Å²) in [7, 11) is 0. The summed E-state index contributed by atoms with van der Waals surface area (Å²) < 4.78 is 1.81. The van der Waals surface area contributed by atoms with Crippen LogP contribution >= 0.6 is 0 Å². The number of nitrogens with zero attached hydrogens (tertiary/aromatic N) is 5. The molecule has 0 saturated carbocycles. The Labute approximate surface area is 118 Å². The van der Waals surface area contributed by atoms with Crippen LogP contribution in [-0.2, 0) is 6.54 Å². The number of nitrogens with one attached hydrogen (secondary N) is 2. The number of rotatable bonds is 3. The van der Waals surface area contributed by atoms with E-state index < -0.39 is 0 Å². The normalized spacial score (nSPS) is 11.2. The number of aromatic amines is 1. The summed E-state index contributed by atoms with van der Waals surface area (Å²) in [6.45, 7) is 0.493. The average molecular weight is 281 g/mol. The third kappa shape index (κ3) is 1.93. The van der Waals surface area contributed by atoms with Crippen molar-refractivity contribution in [3.8, 4) is 5.75 Å². The Balaban J connectivity index is 1.66. The van der Waals surface area contributed by atoms with Gasteiger partial charge in [0.1, 0.15) is 17.6 Å². The van der Waals surface area contributed by atoms with Gasteiger partial charge in [0.15, 0.2) is 17.1 Å². The van der Waals surface area contributed by atoms with Crippen LogP contribution in [0.5, 0.6) is 5.75 Å². The van der Waals surface area contributed by atoms with Gasteiger partial charge in [-0.25, -0.2) is 9.97 Å². The van der Waals surface area contributed by atoms with Crippen molar-refractivity contribution in [1.29, 1.82) is 0 Å². The average Bonchev–Trinajstić information content (AvgIpc) is 3.12. The molecule has 0 aliphatic rings. The van der Waals surface area contributed by atoms with Gasteiger partial charge in [-0.15, -0.1) is 10.2 Å². The van der Waals surface area contributed by atoms with E-state index in [0.29, 0.717) is 17.8 Å². The van der Waals surface area contributed by atoms with Crippen LogP contribution in [0.4, 0.5) is 5.69 Å². The van der Waals surface area contributed by atoms with Gasteiger partial charge in [0, 0.05) is 5.69 Å². The third-order valence-electron chi connectivity index (χ3n) is 3.22. The molecule has 0 saturated heterocycles.